The Morgan fingerprint density at radius 3 is 2.59 bits per heavy atom. The van der Waals surface area contributed by atoms with Crippen molar-refractivity contribution in [2.45, 2.75) is 10.9 Å². The summed E-state index contributed by atoms with van der Waals surface area (Å²) in [4.78, 5) is 1.89. The number of hydrogen-bond acceptors (Lipinski definition) is 3. The molecule has 0 amide bonds. The Labute approximate surface area is 163 Å². The molecule has 0 aliphatic rings. The fraction of sp³-hybridized carbons (Fsp3) is 0.263. The molecule has 0 bridgehead atoms. The fourth-order valence-corrected chi connectivity index (χ4v) is 4.43. The number of aromatic nitrogens is 1. The average molecular weight is 410 g/mol. The van der Waals surface area contributed by atoms with Gasteiger partial charge in [0.1, 0.15) is 5.82 Å². The fourth-order valence-electron chi connectivity index (χ4n) is 3.13. The van der Waals surface area contributed by atoms with E-state index in [9.17, 15) is 12.8 Å². The van der Waals surface area contributed by atoms with Gasteiger partial charge in [0.05, 0.1) is 9.92 Å². The van der Waals surface area contributed by atoms with Crippen LogP contribution in [-0.4, -0.2) is 38.5 Å². The zero-order valence-corrected chi connectivity index (χ0v) is 16.9. The van der Waals surface area contributed by atoms with Crippen LogP contribution in [0, 0.1) is 5.82 Å². The summed E-state index contributed by atoms with van der Waals surface area (Å²) in [5, 5.41) is 0.846. The van der Waals surface area contributed by atoms with Crippen molar-refractivity contribution in [1.82, 2.24) is 14.2 Å². The Bertz CT molecular complexity index is 1080. The summed E-state index contributed by atoms with van der Waals surface area (Å²) in [5.74, 6) is -0.655. The van der Waals surface area contributed by atoms with Gasteiger partial charge >= 0.3 is 0 Å². The van der Waals surface area contributed by atoms with Gasteiger partial charge in [0.2, 0.25) is 10.0 Å². The Kier molecular flexibility index (Phi) is 5.58. The van der Waals surface area contributed by atoms with Crippen molar-refractivity contribution in [1.29, 1.82) is 0 Å². The van der Waals surface area contributed by atoms with E-state index in [1.807, 2.05) is 61.1 Å². The van der Waals surface area contributed by atoms with Crippen LogP contribution in [0.3, 0.4) is 0 Å². The van der Waals surface area contributed by atoms with E-state index in [0.29, 0.717) is 0 Å². The largest absolute Gasteiger partial charge is 0.350 e. The van der Waals surface area contributed by atoms with Gasteiger partial charge in [0, 0.05) is 36.7 Å². The first-order valence-electron chi connectivity index (χ1n) is 8.36. The zero-order chi connectivity index (χ0) is 19.8. The number of fused-ring (bicyclic) bond motifs is 1. The van der Waals surface area contributed by atoms with Crippen molar-refractivity contribution in [3.05, 3.63) is 65.1 Å². The van der Waals surface area contributed by atoms with Crippen LogP contribution >= 0.6 is 11.6 Å². The monoisotopic (exact) mass is 409 g/mol. The summed E-state index contributed by atoms with van der Waals surface area (Å²) in [6.07, 6.45) is 2.01. The predicted molar refractivity (Wildman–Crippen MR) is 106 cm³/mol. The maximum Gasteiger partial charge on any atom is 0.240 e. The van der Waals surface area contributed by atoms with Gasteiger partial charge in [-0.25, -0.2) is 17.5 Å². The number of benzene rings is 2. The average Bonchev–Trinajstić information content (AvgIpc) is 2.94. The maximum absolute atomic E-state index is 13.3. The molecule has 0 unspecified atom stereocenters. The quantitative estimate of drug-likeness (QED) is 0.677. The van der Waals surface area contributed by atoms with Crippen molar-refractivity contribution >= 4 is 32.5 Å². The van der Waals surface area contributed by atoms with Crippen LogP contribution in [0.25, 0.3) is 10.9 Å². The van der Waals surface area contributed by atoms with E-state index in [1.165, 1.54) is 6.07 Å². The third-order valence-corrected chi connectivity index (χ3v) is 6.29. The number of rotatable bonds is 6. The lowest BCUT2D eigenvalue weighted by atomic mass is 10.1. The normalized spacial score (nSPS) is 13.4. The summed E-state index contributed by atoms with van der Waals surface area (Å²) in [6, 6.07) is 11.2. The molecule has 1 N–H and O–H groups in total. The van der Waals surface area contributed by atoms with Crippen LogP contribution < -0.4 is 4.72 Å². The Morgan fingerprint density at radius 1 is 1.22 bits per heavy atom. The molecule has 5 nitrogen and oxygen atoms in total. The smallest absolute Gasteiger partial charge is 0.240 e. The maximum atomic E-state index is 13.3. The van der Waals surface area contributed by atoms with E-state index < -0.39 is 15.8 Å². The number of para-hydroxylation sites is 1. The summed E-state index contributed by atoms with van der Waals surface area (Å²) in [6.45, 7) is 0.165. The van der Waals surface area contributed by atoms with Gasteiger partial charge in [-0.05, 0) is 43.9 Å². The van der Waals surface area contributed by atoms with Crippen molar-refractivity contribution in [3.63, 3.8) is 0 Å². The molecule has 3 rings (SSSR count). The van der Waals surface area contributed by atoms with Gasteiger partial charge in [0.15, 0.2) is 0 Å². The molecule has 0 fully saturated rings. The number of halogens is 2. The summed E-state index contributed by atoms with van der Waals surface area (Å²) in [5.41, 5.74) is 2.10. The minimum Gasteiger partial charge on any atom is -0.350 e. The molecule has 3 aromatic rings. The Morgan fingerprint density at radius 2 is 1.93 bits per heavy atom. The second-order valence-electron chi connectivity index (χ2n) is 6.62. The van der Waals surface area contributed by atoms with Crippen molar-refractivity contribution < 1.29 is 12.8 Å². The van der Waals surface area contributed by atoms with E-state index >= 15 is 0 Å². The van der Waals surface area contributed by atoms with Gasteiger partial charge in [0.25, 0.3) is 0 Å². The molecule has 0 radical (unpaired) electrons. The van der Waals surface area contributed by atoms with E-state index in [2.05, 4.69) is 4.72 Å². The Hall–Kier alpha value is -1.93. The number of likely N-dealkylation sites (N-methyl/N-ethyl adjacent to an activating group) is 1. The number of nitrogens with zero attached hydrogens (tertiary/aromatic N) is 2. The van der Waals surface area contributed by atoms with Gasteiger partial charge in [-0.3, -0.25) is 0 Å². The molecule has 8 heteroatoms. The zero-order valence-electron chi connectivity index (χ0n) is 15.3. The number of nitrogens with one attached hydrogen (secondary N) is 1. The molecular formula is C19H21ClFN3O2S. The molecule has 0 aliphatic carbocycles. The molecule has 0 saturated carbocycles. The molecule has 0 aliphatic heterocycles. The molecule has 144 valence electrons. The van der Waals surface area contributed by atoms with Crippen molar-refractivity contribution in [2.24, 2.45) is 7.05 Å². The molecule has 1 heterocycles. The third-order valence-electron chi connectivity index (χ3n) is 4.58. The molecule has 2 aromatic carbocycles. The number of hydrogen-bond donors (Lipinski definition) is 1. The summed E-state index contributed by atoms with van der Waals surface area (Å²) in [7, 11) is 1.94. The topological polar surface area (TPSA) is 54.3 Å². The highest BCUT2D eigenvalue weighted by molar-refractivity contribution is 7.89. The predicted octanol–water partition coefficient (Wildman–Crippen LogP) is 3.55. The summed E-state index contributed by atoms with van der Waals surface area (Å²) >= 11 is 5.72. The Balaban J connectivity index is 1.90. The van der Waals surface area contributed by atoms with Crippen LogP contribution in [0.4, 0.5) is 4.39 Å². The number of aryl methyl sites for hydroxylation is 1. The van der Waals surface area contributed by atoms with E-state index in [-0.39, 0.29) is 22.5 Å². The second-order valence-corrected chi connectivity index (χ2v) is 8.79. The first kappa shape index (κ1) is 19.8. The van der Waals surface area contributed by atoms with E-state index in [1.54, 1.807) is 0 Å². The van der Waals surface area contributed by atoms with Gasteiger partial charge in [-0.2, -0.15) is 0 Å². The van der Waals surface area contributed by atoms with Crippen LogP contribution in [0.5, 0.6) is 0 Å². The first-order valence-corrected chi connectivity index (χ1v) is 10.2. The molecule has 0 saturated heterocycles. The molecule has 1 atom stereocenters. The third kappa shape index (κ3) is 4.01. The van der Waals surface area contributed by atoms with E-state index in [4.69, 9.17) is 11.6 Å². The van der Waals surface area contributed by atoms with Crippen molar-refractivity contribution in [3.8, 4) is 0 Å². The first-order chi connectivity index (χ1) is 12.7. The summed E-state index contributed by atoms with van der Waals surface area (Å²) < 4.78 is 43.2. The number of sulfonamides is 1. The minimum absolute atomic E-state index is 0.0654. The minimum atomic E-state index is -3.82. The lowest BCUT2D eigenvalue weighted by Gasteiger charge is -2.24. The van der Waals surface area contributed by atoms with E-state index in [0.717, 1.165) is 28.6 Å². The lowest BCUT2D eigenvalue weighted by molar-refractivity contribution is 0.301. The van der Waals surface area contributed by atoms with Gasteiger partial charge in [-0.1, -0.05) is 29.8 Å². The van der Waals surface area contributed by atoms with Crippen LogP contribution in [0.2, 0.25) is 5.02 Å². The molecular weight excluding hydrogens is 389 g/mol. The standard InChI is InChI=1S/C19H21ClFN3O2S/c1-23(2)19(15-12-24(3)18-7-5-4-6-14(15)18)11-22-27(25,26)13-8-9-17(21)16(20)10-13/h4-10,12,19,22H,11H2,1-3H3/t19-/m0/s1. The van der Waals surface area contributed by atoms with Crippen LogP contribution in [-0.2, 0) is 17.1 Å². The van der Waals surface area contributed by atoms with Crippen molar-refractivity contribution in [2.75, 3.05) is 20.6 Å². The molecule has 27 heavy (non-hydrogen) atoms. The molecule has 0 spiro atoms. The SMILES string of the molecule is CN(C)[C@@H](CNS(=O)(=O)c1ccc(F)c(Cl)c1)c1cn(C)c2ccccc12. The van der Waals surface area contributed by atoms with Gasteiger partial charge < -0.3 is 9.47 Å². The van der Waals surface area contributed by atoms with Crippen LogP contribution in [0.15, 0.2) is 53.6 Å². The highest BCUT2D eigenvalue weighted by Gasteiger charge is 2.23. The van der Waals surface area contributed by atoms with Gasteiger partial charge in [-0.15, -0.1) is 0 Å². The second kappa shape index (κ2) is 7.59. The molecule has 1 aromatic heterocycles. The highest BCUT2D eigenvalue weighted by Crippen LogP contribution is 2.28. The van der Waals surface area contributed by atoms with Crippen LogP contribution in [0.1, 0.15) is 11.6 Å². The highest BCUT2D eigenvalue weighted by atomic mass is 35.5. The lowest BCUT2D eigenvalue weighted by Crippen LogP contribution is -2.34.